The lowest BCUT2D eigenvalue weighted by molar-refractivity contribution is 0.498. The molecule has 0 aliphatic rings. The first kappa shape index (κ1) is 16.5. The molecule has 1 atom stereocenters. The zero-order valence-corrected chi connectivity index (χ0v) is 12.4. The number of aromatic nitrogens is 2. The van der Waals surface area contributed by atoms with Gasteiger partial charge in [0.1, 0.15) is 0 Å². The molecule has 0 amide bonds. The zero-order chi connectivity index (χ0) is 13.5. The number of aryl methyl sites for hydroxylation is 1. The van der Waals surface area contributed by atoms with Crippen LogP contribution in [0.4, 0.5) is 6.01 Å². The Hall–Kier alpha value is -1.59. The highest BCUT2D eigenvalue weighted by Gasteiger charge is 2.08. The summed E-state index contributed by atoms with van der Waals surface area (Å²) in [5, 5.41) is 11.1. The Morgan fingerprint density at radius 2 is 1.95 bits per heavy atom. The lowest BCUT2D eigenvalue weighted by atomic mass is 10.1. The number of rotatable bonds is 7. The fourth-order valence-electron chi connectivity index (χ4n) is 1.85. The monoisotopic (exact) mass is 296 g/mol. The standard InChI is InChI=1S/C14H20N4O.ClH/c1-11(7-8-12-5-3-2-4-6-12)16-14-18-17-13(19-14)9-10-15;/h2-6,11H,7-10,15H2,1H3,(H,16,18);1H. The Balaban J connectivity index is 0.00000200. The fourth-order valence-corrected chi connectivity index (χ4v) is 1.85. The minimum atomic E-state index is 0. The van der Waals surface area contributed by atoms with Crippen LogP contribution in [0.5, 0.6) is 0 Å². The first-order valence-electron chi connectivity index (χ1n) is 6.61. The van der Waals surface area contributed by atoms with Gasteiger partial charge in [-0.25, -0.2) is 0 Å². The van der Waals surface area contributed by atoms with E-state index < -0.39 is 0 Å². The summed E-state index contributed by atoms with van der Waals surface area (Å²) >= 11 is 0. The second kappa shape index (κ2) is 8.55. The number of benzene rings is 1. The Labute approximate surface area is 125 Å². The summed E-state index contributed by atoms with van der Waals surface area (Å²) in [5.74, 6) is 0.584. The van der Waals surface area contributed by atoms with Gasteiger partial charge >= 0.3 is 6.01 Å². The topological polar surface area (TPSA) is 77.0 Å². The van der Waals surface area contributed by atoms with E-state index in [1.165, 1.54) is 5.56 Å². The molecule has 2 rings (SSSR count). The van der Waals surface area contributed by atoms with E-state index >= 15 is 0 Å². The van der Waals surface area contributed by atoms with Crippen LogP contribution in [0.2, 0.25) is 0 Å². The summed E-state index contributed by atoms with van der Waals surface area (Å²) in [6.45, 7) is 2.63. The van der Waals surface area contributed by atoms with Gasteiger partial charge in [0.2, 0.25) is 5.89 Å². The van der Waals surface area contributed by atoms with Gasteiger partial charge in [-0.05, 0) is 25.3 Å². The molecule has 110 valence electrons. The summed E-state index contributed by atoms with van der Waals surface area (Å²) < 4.78 is 5.43. The molecule has 6 heteroatoms. The van der Waals surface area contributed by atoms with Crippen molar-refractivity contribution in [2.45, 2.75) is 32.2 Å². The first-order chi connectivity index (χ1) is 9.28. The third kappa shape index (κ3) is 5.19. The minimum Gasteiger partial charge on any atom is -0.408 e. The van der Waals surface area contributed by atoms with E-state index in [0.29, 0.717) is 24.9 Å². The molecule has 1 unspecified atom stereocenters. The molecule has 0 saturated heterocycles. The van der Waals surface area contributed by atoms with Crippen LogP contribution in [0.3, 0.4) is 0 Å². The molecule has 1 aromatic heterocycles. The quantitative estimate of drug-likeness (QED) is 0.820. The van der Waals surface area contributed by atoms with Crippen LogP contribution in [0.15, 0.2) is 34.7 Å². The van der Waals surface area contributed by atoms with Gasteiger partial charge in [-0.2, -0.15) is 0 Å². The highest BCUT2D eigenvalue weighted by atomic mass is 35.5. The fraction of sp³-hybridized carbons (Fsp3) is 0.429. The maximum Gasteiger partial charge on any atom is 0.315 e. The van der Waals surface area contributed by atoms with Gasteiger partial charge in [-0.15, -0.1) is 17.5 Å². The van der Waals surface area contributed by atoms with Crippen LogP contribution in [0.25, 0.3) is 0 Å². The van der Waals surface area contributed by atoms with Crippen molar-refractivity contribution in [1.29, 1.82) is 0 Å². The van der Waals surface area contributed by atoms with Gasteiger partial charge in [-0.1, -0.05) is 35.4 Å². The second-order valence-corrected chi connectivity index (χ2v) is 4.61. The predicted octanol–water partition coefficient (Wildman–Crippen LogP) is 2.43. The molecule has 3 N–H and O–H groups in total. The Bertz CT molecular complexity index is 489. The molecule has 1 aromatic carbocycles. The molecule has 0 fully saturated rings. The minimum absolute atomic E-state index is 0. The highest BCUT2D eigenvalue weighted by molar-refractivity contribution is 5.85. The number of hydrogen-bond donors (Lipinski definition) is 2. The predicted molar refractivity (Wildman–Crippen MR) is 82.2 cm³/mol. The third-order valence-corrected chi connectivity index (χ3v) is 2.90. The zero-order valence-electron chi connectivity index (χ0n) is 11.6. The normalized spacial score (nSPS) is 11.7. The van der Waals surface area contributed by atoms with E-state index in [0.717, 1.165) is 12.8 Å². The van der Waals surface area contributed by atoms with Crippen molar-refractivity contribution >= 4 is 18.4 Å². The van der Waals surface area contributed by atoms with Gasteiger partial charge in [0.15, 0.2) is 0 Å². The lowest BCUT2D eigenvalue weighted by Crippen LogP contribution is -2.16. The number of nitrogens with two attached hydrogens (primary N) is 1. The Morgan fingerprint density at radius 1 is 1.20 bits per heavy atom. The SMILES string of the molecule is CC(CCc1ccccc1)Nc1nnc(CCN)o1.Cl. The van der Waals surface area contributed by atoms with Crippen LogP contribution in [0.1, 0.15) is 24.8 Å². The van der Waals surface area contributed by atoms with E-state index in [2.05, 4.69) is 46.7 Å². The second-order valence-electron chi connectivity index (χ2n) is 4.61. The third-order valence-electron chi connectivity index (χ3n) is 2.90. The Kier molecular flexibility index (Phi) is 7.04. The summed E-state index contributed by atoms with van der Waals surface area (Å²) in [7, 11) is 0. The van der Waals surface area contributed by atoms with Crippen LogP contribution < -0.4 is 11.1 Å². The van der Waals surface area contributed by atoms with E-state index in [1.807, 2.05) is 6.07 Å². The van der Waals surface area contributed by atoms with Crippen LogP contribution in [-0.4, -0.2) is 22.8 Å². The summed E-state index contributed by atoms with van der Waals surface area (Å²) in [6, 6.07) is 11.2. The van der Waals surface area contributed by atoms with Crippen molar-refractivity contribution in [2.75, 3.05) is 11.9 Å². The number of nitrogens with one attached hydrogen (secondary N) is 1. The first-order valence-corrected chi connectivity index (χ1v) is 6.61. The summed E-state index contributed by atoms with van der Waals surface area (Å²) in [5.41, 5.74) is 6.77. The van der Waals surface area contributed by atoms with Crippen molar-refractivity contribution in [3.05, 3.63) is 41.8 Å². The molecule has 5 nitrogen and oxygen atoms in total. The largest absolute Gasteiger partial charge is 0.408 e. The summed E-state index contributed by atoms with van der Waals surface area (Å²) in [4.78, 5) is 0. The van der Waals surface area contributed by atoms with Gasteiger partial charge < -0.3 is 15.5 Å². The lowest BCUT2D eigenvalue weighted by Gasteiger charge is -2.11. The smallest absolute Gasteiger partial charge is 0.315 e. The molecule has 20 heavy (non-hydrogen) atoms. The van der Waals surface area contributed by atoms with E-state index in [4.69, 9.17) is 10.2 Å². The van der Waals surface area contributed by atoms with Gasteiger partial charge in [0.05, 0.1) is 0 Å². The van der Waals surface area contributed by atoms with Crippen LogP contribution in [-0.2, 0) is 12.8 Å². The van der Waals surface area contributed by atoms with Crippen molar-refractivity contribution < 1.29 is 4.42 Å². The maximum absolute atomic E-state index is 5.43. The van der Waals surface area contributed by atoms with Crippen molar-refractivity contribution in [2.24, 2.45) is 5.73 Å². The van der Waals surface area contributed by atoms with Gasteiger partial charge in [0.25, 0.3) is 0 Å². The molecule has 0 radical (unpaired) electrons. The average molecular weight is 297 g/mol. The van der Waals surface area contributed by atoms with E-state index in [-0.39, 0.29) is 18.4 Å². The molecule has 0 spiro atoms. The molecule has 2 aromatic rings. The van der Waals surface area contributed by atoms with Crippen molar-refractivity contribution in [3.63, 3.8) is 0 Å². The molecule has 0 aliphatic heterocycles. The average Bonchev–Trinajstić information content (AvgIpc) is 2.85. The molecule has 1 heterocycles. The molecule has 0 aliphatic carbocycles. The number of halogens is 1. The molecular weight excluding hydrogens is 276 g/mol. The Morgan fingerprint density at radius 3 is 2.65 bits per heavy atom. The molecule has 0 saturated carbocycles. The van der Waals surface area contributed by atoms with Gasteiger partial charge in [-0.3, -0.25) is 0 Å². The molecule has 0 bridgehead atoms. The highest BCUT2D eigenvalue weighted by Crippen LogP contribution is 2.11. The van der Waals surface area contributed by atoms with Crippen LogP contribution >= 0.6 is 12.4 Å². The number of anilines is 1. The van der Waals surface area contributed by atoms with E-state index in [9.17, 15) is 0 Å². The maximum atomic E-state index is 5.43. The molecular formula is C14H21ClN4O. The van der Waals surface area contributed by atoms with Crippen molar-refractivity contribution in [1.82, 2.24) is 10.2 Å². The van der Waals surface area contributed by atoms with Crippen molar-refractivity contribution in [3.8, 4) is 0 Å². The number of hydrogen-bond acceptors (Lipinski definition) is 5. The van der Waals surface area contributed by atoms with E-state index in [1.54, 1.807) is 0 Å². The van der Waals surface area contributed by atoms with Crippen LogP contribution in [0, 0.1) is 0 Å². The summed E-state index contributed by atoms with van der Waals surface area (Å²) in [6.07, 6.45) is 2.66. The van der Waals surface area contributed by atoms with Gasteiger partial charge in [0, 0.05) is 19.0 Å². The number of nitrogens with zero attached hydrogens (tertiary/aromatic N) is 2.